The summed E-state index contributed by atoms with van der Waals surface area (Å²) < 4.78 is 10.6. The van der Waals surface area contributed by atoms with Crippen molar-refractivity contribution in [3.05, 3.63) is 29.3 Å². The van der Waals surface area contributed by atoms with Crippen molar-refractivity contribution in [1.29, 1.82) is 0 Å². The average Bonchev–Trinajstić information content (AvgIpc) is 3.02. The molecule has 0 aromatic heterocycles. The molecule has 1 fully saturated rings. The first-order valence-corrected chi connectivity index (χ1v) is 8.26. The number of carbonyl (C=O) groups is 4. The lowest BCUT2D eigenvalue weighted by Crippen LogP contribution is -2.40. The molecule has 0 aliphatic carbocycles. The summed E-state index contributed by atoms with van der Waals surface area (Å²) in [6.45, 7) is 5.27. The second-order valence-electron chi connectivity index (χ2n) is 7.26. The van der Waals surface area contributed by atoms with Crippen LogP contribution >= 0.6 is 0 Å². The Morgan fingerprint density at radius 3 is 2.62 bits per heavy atom. The topological polar surface area (TPSA) is 102 Å². The number of ether oxygens (including phenoxy) is 2. The van der Waals surface area contributed by atoms with Crippen LogP contribution in [0.3, 0.4) is 0 Å². The zero-order chi connectivity index (χ0) is 19.1. The van der Waals surface area contributed by atoms with E-state index in [1.54, 1.807) is 39.0 Å². The first-order valence-electron chi connectivity index (χ1n) is 8.26. The molecule has 2 heterocycles. The molecule has 0 radical (unpaired) electrons. The first kappa shape index (κ1) is 17.9. The zero-order valence-corrected chi connectivity index (χ0v) is 14.8. The molecule has 2 aliphatic heterocycles. The molecule has 1 aromatic carbocycles. The number of imide groups is 1. The monoisotopic (exact) mass is 360 g/mol. The van der Waals surface area contributed by atoms with Crippen molar-refractivity contribution in [3.8, 4) is 5.75 Å². The number of benzene rings is 1. The summed E-state index contributed by atoms with van der Waals surface area (Å²) in [6, 6.07) is 4.06. The van der Waals surface area contributed by atoms with E-state index in [0.29, 0.717) is 16.9 Å². The molecule has 1 saturated heterocycles. The van der Waals surface area contributed by atoms with Gasteiger partial charge in [0, 0.05) is 12.1 Å². The van der Waals surface area contributed by atoms with Gasteiger partial charge in [-0.15, -0.1) is 0 Å². The van der Waals surface area contributed by atoms with E-state index in [9.17, 15) is 19.2 Å². The second kappa shape index (κ2) is 6.44. The number of nitrogens with zero attached hydrogens (tertiary/aromatic N) is 1. The molecule has 8 heteroatoms. The highest BCUT2D eigenvalue weighted by molar-refractivity contribution is 6.09. The van der Waals surface area contributed by atoms with Crippen molar-refractivity contribution < 1.29 is 28.7 Å². The van der Waals surface area contributed by atoms with Crippen LogP contribution < -0.4 is 10.1 Å². The van der Waals surface area contributed by atoms with E-state index in [1.807, 2.05) is 0 Å². The maximum Gasteiger partial charge on any atom is 0.344 e. The normalized spacial score (nSPS) is 19.4. The molecule has 2 aliphatic rings. The third-order valence-electron chi connectivity index (χ3n) is 4.01. The van der Waals surface area contributed by atoms with Gasteiger partial charge in [0.2, 0.25) is 11.8 Å². The Kier molecular flexibility index (Phi) is 4.43. The maximum atomic E-state index is 12.5. The van der Waals surface area contributed by atoms with Crippen LogP contribution in [-0.2, 0) is 25.7 Å². The number of rotatable bonds is 4. The summed E-state index contributed by atoms with van der Waals surface area (Å²) in [6.07, 6.45) is -0.0272. The Balaban J connectivity index is 1.67. The third kappa shape index (κ3) is 3.68. The molecule has 138 valence electrons. The van der Waals surface area contributed by atoms with E-state index in [1.165, 1.54) is 4.90 Å². The Morgan fingerprint density at radius 1 is 1.27 bits per heavy atom. The number of hydrogen-bond donors (Lipinski definition) is 1. The van der Waals surface area contributed by atoms with Crippen molar-refractivity contribution in [1.82, 2.24) is 10.2 Å². The molecule has 1 unspecified atom stereocenters. The van der Waals surface area contributed by atoms with Crippen molar-refractivity contribution >= 4 is 23.7 Å². The van der Waals surface area contributed by atoms with Gasteiger partial charge in [0.15, 0.2) is 6.61 Å². The van der Waals surface area contributed by atoms with Gasteiger partial charge in [-0.3, -0.25) is 19.7 Å². The minimum absolute atomic E-state index is 0.0272. The van der Waals surface area contributed by atoms with Crippen LogP contribution in [0.2, 0.25) is 0 Å². The highest BCUT2D eigenvalue weighted by atomic mass is 16.6. The van der Waals surface area contributed by atoms with Crippen LogP contribution in [0.4, 0.5) is 0 Å². The Morgan fingerprint density at radius 2 is 2.00 bits per heavy atom. The molecule has 1 aromatic rings. The molecule has 1 N–H and O–H groups in total. The van der Waals surface area contributed by atoms with Crippen LogP contribution in [-0.4, -0.2) is 46.8 Å². The van der Waals surface area contributed by atoms with Crippen molar-refractivity contribution in [2.45, 2.75) is 45.4 Å². The quantitative estimate of drug-likeness (QED) is 0.629. The SMILES string of the molecule is CC(C)(C)OC(=O)COc1ccc2c(c1)CN(C1CC(=O)NC1=O)C2=O. The van der Waals surface area contributed by atoms with E-state index in [4.69, 9.17) is 9.47 Å². The fourth-order valence-corrected chi connectivity index (χ4v) is 2.97. The van der Waals surface area contributed by atoms with E-state index >= 15 is 0 Å². The molecule has 0 saturated carbocycles. The van der Waals surface area contributed by atoms with Gasteiger partial charge in [0.25, 0.3) is 5.91 Å². The van der Waals surface area contributed by atoms with Crippen LogP contribution in [0.1, 0.15) is 43.1 Å². The number of fused-ring (bicyclic) bond motifs is 1. The van der Waals surface area contributed by atoms with Crippen LogP contribution in [0, 0.1) is 0 Å². The lowest BCUT2D eigenvalue weighted by molar-refractivity contribution is -0.157. The maximum absolute atomic E-state index is 12.5. The van der Waals surface area contributed by atoms with E-state index in [0.717, 1.165) is 0 Å². The predicted molar refractivity (Wildman–Crippen MR) is 89.2 cm³/mol. The van der Waals surface area contributed by atoms with Gasteiger partial charge < -0.3 is 14.4 Å². The average molecular weight is 360 g/mol. The number of hydrogen-bond acceptors (Lipinski definition) is 6. The minimum atomic E-state index is -0.784. The van der Waals surface area contributed by atoms with Crippen LogP contribution in [0.25, 0.3) is 0 Å². The molecule has 8 nitrogen and oxygen atoms in total. The van der Waals surface area contributed by atoms with Crippen molar-refractivity contribution in [2.24, 2.45) is 0 Å². The molecule has 3 rings (SSSR count). The van der Waals surface area contributed by atoms with Gasteiger partial charge in [-0.05, 0) is 44.5 Å². The smallest absolute Gasteiger partial charge is 0.344 e. The van der Waals surface area contributed by atoms with Gasteiger partial charge in [-0.25, -0.2) is 4.79 Å². The molecule has 0 spiro atoms. The summed E-state index contributed by atoms with van der Waals surface area (Å²) in [5.41, 5.74) is 0.551. The summed E-state index contributed by atoms with van der Waals surface area (Å²) in [5, 5.41) is 2.21. The van der Waals surface area contributed by atoms with Gasteiger partial charge in [0.1, 0.15) is 17.4 Å². The van der Waals surface area contributed by atoms with Crippen LogP contribution in [0.5, 0.6) is 5.75 Å². The number of carbonyl (C=O) groups excluding carboxylic acids is 4. The highest BCUT2D eigenvalue weighted by Crippen LogP contribution is 2.30. The molecule has 0 bridgehead atoms. The largest absolute Gasteiger partial charge is 0.482 e. The summed E-state index contributed by atoms with van der Waals surface area (Å²) in [4.78, 5) is 48.8. The molecular weight excluding hydrogens is 340 g/mol. The fourth-order valence-electron chi connectivity index (χ4n) is 2.97. The van der Waals surface area contributed by atoms with Crippen molar-refractivity contribution in [2.75, 3.05) is 6.61 Å². The summed E-state index contributed by atoms with van der Waals surface area (Å²) in [7, 11) is 0. The van der Waals surface area contributed by atoms with Gasteiger partial charge in [-0.2, -0.15) is 0 Å². The number of amides is 3. The standard InChI is InChI=1S/C18H20N2O6/c1-18(2,3)26-15(22)9-25-11-4-5-12-10(6-11)8-20(17(12)24)13-7-14(21)19-16(13)23/h4-6,13H,7-9H2,1-3H3,(H,19,21,23). The zero-order valence-electron chi connectivity index (χ0n) is 14.8. The molecule has 3 amide bonds. The molecule has 26 heavy (non-hydrogen) atoms. The minimum Gasteiger partial charge on any atom is -0.482 e. The lowest BCUT2D eigenvalue weighted by Gasteiger charge is -2.20. The Hall–Kier alpha value is -2.90. The van der Waals surface area contributed by atoms with Gasteiger partial charge in [0.05, 0.1) is 6.42 Å². The summed E-state index contributed by atoms with van der Waals surface area (Å²) in [5.74, 6) is -1.20. The van der Waals surface area contributed by atoms with Gasteiger partial charge >= 0.3 is 5.97 Å². The molecular formula is C18H20N2O6. The fraction of sp³-hybridized carbons (Fsp3) is 0.444. The predicted octanol–water partition coefficient (Wildman–Crippen LogP) is 0.778. The van der Waals surface area contributed by atoms with E-state index < -0.39 is 23.5 Å². The Labute approximate surface area is 150 Å². The van der Waals surface area contributed by atoms with Crippen molar-refractivity contribution in [3.63, 3.8) is 0 Å². The molecule has 1 atom stereocenters. The number of esters is 1. The Bertz CT molecular complexity index is 795. The lowest BCUT2D eigenvalue weighted by atomic mass is 10.1. The van der Waals surface area contributed by atoms with E-state index in [-0.39, 0.29) is 31.4 Å². The van der Waals surface area contributed by atoms with Gasteiger partial charge in [-0.1, -0.05) is 0 Å². The first-order chi connectivity index (χ1) is 12.1. The van der Waals surface area contributed by atoms with Crippen LogP contribution in [0.15, 0.2) is 18.2 Å². The highest BCUT2D eigenvalue weighted by Gasteiger charge is 2.41. The number of nitrogens with one attached hydrogen (secondary N) is 1. The summed E-state index contributed by atoms with van der Waals surface area (Å²) >= 11 is 0. The second-order valence-corrected chi connectivity index (χ2v) is 7.26. The third-order valence-corrected chi connectivity index (χ3v) is 4.01. The van der Waals surface area contributed by atoms with E-state index in [2.05, 4.69) is 5.32 Å².